The maximum atomic E-state index is 13.5. The molecule has 4 unspecified atom stereocenters. The van der Waals surface area contributed by atoms with Gasteiger partial charge in [0, 0.05) is 6.08 Å². The molecule has 16 heavy (non-hydrogen) atoms. The standard InChI is InChI=1S/C8H8BF3O4/c9-8(12)7(15,2-1-5(10)11)6(14)4(3-13)16-8/h2,4,6,13-15H,3H2. The topological polar surface area (TPSA) is 69.9 Å². The molecule has 0 aromatic heterocycles. The number of alkyl halides is 1. The minimum Gasteiger partial charge on any atom is -0.394 e. The molecule has 88 valence electrons. The predicted molar refractivity (Wildman–Crippen MR) is 46.3 cm³/mol. The lowest BCUT2D eigenvalue weighted by Crippen LogP contribution is -2.53. The minimum absolute atomic E-state index is 0.169. The second-order valence-corrected chi connectivity index (χ2v) is 3.30. The van der Waals surface area contributed by atoms with E-state index in [0.29, 0.717) is 0 Å². The van der Waals surface area contributed by atoms with Crippen molar-refractivity contribution in [1.29, 1.82) is 0 Å². The Hall–Kier alpha value is -0.785. The molecule has 4 nitrogen and oxygen atoms in total. The molecule has 3 N–H and O–H groups in total. The van der Waals surface area contributed by atoms with Crippen LogP contribution in [0.3, 0.4) is 0 Å². The molecule has 2 radical (unpaired) electrons. The largest absolute Gasteiger partial charge is 0.394 e. The van der Waals surface area contributed by atoms with E-state index in [-0.39, 0.29) is 6.08 Å². The van der Waals surface area contributed by atoms with Crippen LogP contribution in [0.1, 0.15) is 0 Å². The van der Waals surface area contributed by atoms with Crippen molar-refractivity contribution in [3.63, 3.8) is 0 Å². The van der Waals surface area contributed by atoms with Gasteiger partial charge in [-0.2, -0.15) is 8.78 Å². The molecule has 0 aromatic rings. The average molecular weight is 236 g/mol. The monoisotopic (exact) mass is 236 g/mol. The van der Waals surface area contributed by atoms with Crippen LogP contribution in [0.2, 0.25) is 0 Å². The van der Waals surface area contributed by atoms with E-state index in [1.165, 1.54) is 5.73 Å². The Balaban J connectivity index is 3.14. The summed E-state index contributed by atoms with van der Waals surface area (Å²) in [4.78, 5) is 0. The van der Waals surface area contributed by atoms with E-state index in [2.05, 4.69) is 4.74 Å². The van der Waals surface area contributed by atoms with Gasteiger partial charge in [0.15, 0.2) is 19.2 Å². The van der Waals surface area contributed by atoms with Crippen molar-refractivity contribution >= 4 is 7.85 Å². The van der Waals surface area contributed by atoms with Gasteiger partial charge in [-0.3, -0.25) is 0 Å². The second kappa shape index (κ2) is 4.23. The van der Waals surface area contributed by atoms with Crippen LogP contribution in [0.25, 0.3) is 0 Å². The molecule has 1 saturated heterocycles. The van der Waals surface area contributed by atoms with Gasteiger partial charge in [0.1, 0.15) is 12.2 Å². The van der Waals surface area contributed by atoms with Crippen molar-refractivity contribution in [2.75, 3.05) is 6.61 Å². The molecule has 1 aliphatic rings. The molecular formula is C8H8BF3O4. The van der Waals surface area contributed by atoms with E-state index >= 15 is 0 Å². The SMILES string of the molecule is [B]C1(F)OC(CO)C(O)C1(O)C=C=C(F)F. The number of rotatable bonds is 2. The summed E-state index contributed by atoms with van der Waals surface area (Å²) in [7, 11) is 4.86. The molecular weight excluding hydrogens is 228 g/mol. The van der Waals surface area contributed by atoms with Crippen molar-refractivity contribution < 1.29 is 33.2 Å². The number of ether oxygens (including phenoxy) is 1. The van der Waals surface area contributed by atoms with Gasteiger partial charge >= 0.3 is 6.08 Å². The van der Waals surface area contributed by atoms with Crippen molar-refractivity contribution in [1.82, 2.24) is 0 Å². The fourth-order valence-corrected chi connectivity index (χ4v) is 1.35. The number of aliphatic hydroxyl groups excluding tert-OH is 2. The molecule has 0 saturated carbocycles. The van der Waals surface area contributed by atoms with Crippen molar-refractivity contribution in [2.45, 2.75) is 23.6 Å². The van der Waals surface area contributed by atoms with Crippen molar-refractivity contribution in [3.8, 4) is 0 Å². The van der Waals surface area contributed by atoms with Gasteiger partial charge in [-0.05, 0) is 0 Å². The lowest BCUT2D eigenvalue weighted by atomic mass is 9.78. The highest BCUT2D eigenvalue weighted by Gasteiger charge is 2.61. The summed E-state index contributed by atoms with van der Waals surface area (Å²) >= 11 is 0. The van der Waals surface area contributed by atoms with Crippen LogP contribution in [0.15, 0.2) is 17.9 Å². The quantitative estimate of drug-likeness (QED) is 0.433. The summed E-state index contributed by atoms with van der Waals surface area (Å²) in [5.74, 6) is -3.29. The minimum atomic E-state index is -3.29. The molecule has 1 aliphatic heterocycles. The van der Waals surface area contributed by atoms with Crippen LogP contribution in [-0.4, -0.2) is 53.3 Å². The first-order valence-corrected chi connectivity index (χ1v) is 4.20. The Bertz CT molecular complexity index is 338. The third-order valence-electron chi connectivity index (χ3n) is 2.25. The van der Waals surface area contributed by atoms with Crippen molar-refractivity contribution in [3.05, 3.63) is 17.9 Å². The molecule has 0 aromatic carbocycles. The van der Waals surface area contributed by atoms with Crippen molar-refractivity contribution in [2.24, 2.45) is 0 Å². The van der Waals surface area contributed by atoms with Gasteiger partial charge in [-0.1, -0.05) is 5.73 Å². The van der Waals surface area contributed by atoms with E-state index in [1.807, 2.05) is 0 Å². The number of hydrogen-bond donors (Lipinski definition) is 3. The summed E-state index contributed by atoms with van der Waals surface area (Å²) < 4.78 is 41.3. The van der Waals surface area contributed by atoms with Crippen LogP contribution in [0.4, 0.5) is 13.2 Å². The Morgan fingerprint density at radius 2 is 2.12 bits per heavy atom. The van der Waals surface area contributed by atoms with Crippen LogP contribution in [0, 0.1) is 0 Å². The third kappa shape index (κ3) is 2.02. The Labute approximate surface area is 90.1 Å². The lowest BCUT2D eigenvalue weighted by Gasteiger charge is -2.29. The first-order chi connectivity index (χ1) is 7.24. The summed E-state index contributed by atoms with van der Waals surface area (Å²) in [6.07, 6.45) is -5.66. The number of halogens is 3. The van der Waals surface area contributed by atoms with Crippen LogP contribution < -0.4 is 0 Å². The summed E-state index contributed by atoms with van der Waals surface area (Å²) in [6, 6.07) is 0. The van der Waals surface area contributed by atoms with Gasteiger partial charge in [0.2, 0.25) is 0 Å². The molecule has 1 heterocycles. The summed E-state index contributed by atoms with van der Waals surface area (Å²) in [5, 5.41) is 27.6. The number of hydrogen-bond acceptors (Lipinski definition) is 4. The van der Waals surface area contributed by atoms with Crippen LogP contribution in [0.5, 0.6) is 0 Å². The highest BCUT2D eigenvalue weighted by molar-refractivity contribution is 6.14. The summed E-state index contributed by atoms with van der Waals surface area (Å²) in [5.41, 5.74) is -1.67. The van der Waals surface area contributed by atoms with Crippen LogP contribution in [-0.2, 0) is 4.74 Å². The number of aliphatic hydroxyl groups is 3. The normalized spacial score (nSPS) is 42.9. The fourth-order valence-electron chi connectivity index (χ4n) is 1.35. The molecule has 0 bridgehead atoms. The lowest BCUT2D eigenvalue weighted by molar-refractivity contribution is -0.144. The van der Waals surface area contributed by atoms with Gasteiger partial charge in [-0.25, -0.2) is 4.39 Å². The molecule has 8 heteroatoms. The molecule has 1 fully saturated rings. The molecule has 0 spiro atoms. The van der Waals surface area contributed by atoms with Gasteiger partial charge in [-0.15, -0.1) is 0 Å². The average Bonchev–Trinajstić information content (AvgIpc) is 2.36. The van der Waals surface area contributed by atoms with Crippen LogP contribution >= 0.6 is 0 Å². The predicted octanol–water partition coefficient (Wildman–Crippen LogP) is -0.803. The first-order valence-electron chi connectivity index (χ1n) is 4.20. The first kappa shape index (κ1) is 13.3. The Kier molecular flexibility index (Phi) is 3.51. The highest BCUT2D eigenvalue weighted by Crippen LogP contribution is 2.40. The molecule has 4 atom stereocenters. The zero-order chi connectivity index (χ0) is 12.6. The van der Waals surface area contributed by atoms with Gasteiger partial charge < -0.3 is 20.1 Å². The maximum Gasteiger partial charge on any atom is 0.312 e. The smallest absolute Gasteiger partial charge is 0.312 e. The Morgan fingerprint density at radius 3 is 2.50 bits per heavy atom. The van der Waals surface area contributed by atoms with Gasteiger partial charge in [0.25, 0.3) is 0 Å². The van der Waals surface area contributed by atoms with E-state index in [4.69, 9.17) is 13.0 Å². The van der Waals surface area contributed by atoms with E-state index in [1.54, 1.807) is 0 Å². The molecule has 1 rings (SSSR count). The fraction of sp³-hybridized carbons (Fsp3) is 0.625. The zero-order valence-corrected chi connectivity index (χ0v) is 7.90. The van der Waals surface area contributed by atoms with E-state index in [0.717, 1.165) is 0 Å². The third-order valence-corrected chi connectivity index (χ3v) is 2.25. The second-order valence-electron chi connectivity index (χ2n) is 3.30. The Morgan fingerprint density at radius 1 is 1.56 bits per heavy atom. The van der Waals surface area contributed by atoms with Gasteiger partial charge in [0.05, 0.1) is 6.61 Å². The zero-order valence-electron chi connectivity index (χ0n) is 7.90. The van der Waals surface area contributed by atoms with E-state index in [9.17, 15) is 23.4 Å². The molecule has 0 aliphatic carbocycles. The van der Waals surface area contributed by atoms with E-state index < -0.39 is 36.3 Å². The highest BCUT2D eigenvalue weighted by atomic mass is 19.3. The maximum absolute atomic E-state index is 13.5. The summed E-state index contributed by atoms with van der Waals surface area (Å²) in [6.45, 7) is -0.831. The molecule has 0 amide bonds.